The van der Waals surface area contributed by atoms with Crippen LogP contribution in [0.15, 0.2) is 57.7 Å². The van der Waals surface area contributed by atoms with Crippen LogP contribution in [-0.2, 0) is 0 Å². The molecule has 0 radical (unpaired) electrons. The molecular weight excluding hydrogens is 302 g/mol. The Kier molecular flexibility index (Phi) is 3.60. The summed E-state index contributed by atoms with van der Waals surface area (Å²) in [6, 6.07) is 11.5. The highest BCUT2D eigenvalue weighted by molar-refractivity contribution is 5.79. The zero-order valence-electron chi connectivity index (χ0n) is 11.6. The van der Waals surface area contributed by atoms with Crippen LogP contribution < -0.4 is 10.4 Å². The molecule has 0 N–H and O–H groups in total. The topological polar surface area (TPSA) is 99.7 Å². The fourth-order valence-electron chi connectivity index (χ4n) is 2.07. The number of ether oxygens (including phenoxy) is 1. The van der Waals surface area contributed by atoms with Gasteiger partial charge in [-0.2, -0.15) is 0 Å². The van der Waals surface area contributed by atoms with Gasteiger partial charge < -0.3 is 9.15 Å². The lowest BCUT2D eigenvalue weighted by molar-refractivity contribution is -0.385. The van der Waals surface area contributed by atoms with E-state index in [9.17, 15) is 19.7 Å². The number of nitro groups is 1. The van der Waals surface area contributed by atoms with Gasteiger partial charge in [0.1, 0.15) is 17.6 Å². The maximum absolute atomic E-state index is 11.2. The summed E-state index contributed by atoms with van der Waals surface area (Å²) < 4.78 is 10.5. The van der Waals surface area contributed by atoms with Crippen molar-refractivity contribution in [2.24, 2.45) is 0 Å². The molecule has 7 nitrogen and oxygen atoms in total. The van der Waals surface area contributed by atoms with Crippen LogP contribution in [0.4, 0.5) is 5.69 Å². The van der Waals surface area contributed by atoms with Crippen LogP contribution in [0.2, 0.25) is 0 Å². The SMILES string of the molecule is O=Cc1ccc(Oc2ccc3ccc(=O)oc3c2)c([N+](=O)[O-])c1. The van der Waals surface area contributed by atoms with Crippen LogP contribution in [0.3, 0.4) is 0 Å². The molecule has 1 heterocycles. The molecule has 0 amide bonds. The van der Waals surface area contributed by atoms with E-state index in [1.54, 1.807) is 18.2 Å². The fraction of sp³-hybridized carbons (Fsp3) is 0. The van der Waals surface area contributed by atoms with Crippen LogP contribution in [0.1, 0.15) is 10.4 Å². The second-order valence-electron chi connectivity index (χ2n) is 4.66. The molecule has 114 valence electrons. The van der Waals surface area contributed by atoms with E-state index < -0.39 is 10.5 Å². The molecule has 0 aliphatic heterocycles. The molecule has 0 bridgehead atoms. The van der Waals surface area contributed by atoms with E-state index in [0.29, 0.717) is 17.3 Å². The zero-order chi connectivity index (χ0) is 16.4. The quantitative estimate of drug-likeness (QED) is 0.317. The van der Waals surface area contributed by atoms with E-state index in [4.69, 9.17) is 9.15 Å². The molecule has 0 spiro atoms. The number of aldehydes is 1. The normalized spacial score (nSPS) is 10.4. The summed E-state index contributed by atoms with van der Waals surface area (Å²) in [6.45, 7) is 0. The van der Waals surface area contributed by atoms with Crippen molar-refractivity contribution in [3.8, 4) is 11.5 Å². The molecule has 0 atom stereocenters. The van der Waals surface area contributed by atoms with Crippen molar-refractivity contribution in [2.75, 3.05) is 0 Å². The number of fused-ring (bicyclic) bond motifs is 1. The van der Waals surface area contributed by atoms with Crippen LogP contribution in [0.25, 0.3) is 11.0 Å². The summed E-state index contributed by atoms with van der Waals surface area (Å²) in [6.07, 6.45) is 0.515. The van der Waals surface area contributed by atoms with E-state index in [2.05, 4.69) is 0 Å². The lowest BCUT2D eigenvalue weighted by atomic mass is 10.2. The van der Waals surface area contributed by atoms with E-state index >= 15 is 0 Å². The number of rotatable bonds is 4. The Morgan fingerprint density at radius 3 is 2.61 bits per heavy atom. The van der Waals surface area contributed by atoms with E-state index in [0.717, 1.165) is 6.07 Å². The average molecular weight is 311 g/mol. The first-order valence-electron chi connectivity index (χ1n) is 6.52. The third-order valence-electron chi connectivity index (χ3n) is 3.14. The first-order chi connectivity index (χ1) is 11.1. The van der Waals surface area contributed by atoms with Gasteiger partial charge in [0.05, 0.1) is 4.92 Å². The Balaban J connectivity index is 2.03. The van der Waals surface area contributed by atoms with Gasteiger partial charge in [-0.05, 0) is 30.3 Å². The predicted molar refractivity (Wildman–Crippen MR) is 81.0 cm³/mol. The molecule has 7 heteroatoms. The lowest BCUT2D eigenvalue weighted by Gasteiger charge is -2.07. The molecule has 2 aromatic carbocycles. The Morgan fingerprint density at radius 2 is 1.87 bits per heavy atom. The molecular formula is C16H9NO6. The minimum Gasteiger partial charge on any atom is -0.450 e. The number of carbonyl (C=O) groups is 1. The summed E-state index contributed by atoms with van der Waals surface area (Å²) in [5.74, 6) is 0.257. The van der Waals surface area contributed by atoms with Gasteiger partial charge in [0.25, 0.3) is 0 Å². The van der Waals surface area contributed by atoms with Gasteiger partial charge in [-0.1, -0.05) is 0 Å². The van der Waals surface area contributed by atoms with Gasteiger partial charge in [-0.25, -0.2) is 4.79 Å². The smallest absolute Gasteiger partial charge is 0.336 e. The van der Waals surface area contributed by atoms with E-state index in [1.807, 2.05) is 0 Å². The number of hydrogen-bond acceptors (Lipinski definition) is 6. The maximum atomic E-state index is 11.2. The molecule has 0 aliphatic carbocycles. The standard InChI is InChI=1S/C16H9NO6/c18-9-10-1-5-14(13(7-10)17(20)21)22-12-4-2-11-3-6-16(19)23-15(11)8-12/h1-9H. The Labute approximate surface area is 128 Å². The number of nitro benzene ring substituents is 1. The molecule has 3 aromatic rings. The third kappa shape index (κ3) is 2.93. The van der Waals surface area contributed by atoms with Crippen molar-refractivity contribution in [1.82, 2.24) is 0 Å². The maximum Gasteiger partial charge on any atom is 0.336 e. The van der Waals surface area contributed by atoms with Crippen LogP contribution in [0, 0.1) is 10.1 Å². The van der Waals surface area contributed by atoms with Crippen molar-refractivity contribution in [1.29, 1.82) is 0 Å². The minimum absolute atomic E-state index is 0.0155. The summed E-state index contributed by atoms with van der Waals surface area (Å²) in [4.78, 5) is 32.4. The molecule has 0 saturated carbocycles. The molecule has 3 rings (SSSR count). The fourth-order valence-corrected chi connectivity index (χ4v) is 2.07. The largest absolute Gasteiger partial charge is 0.450 e. The number of benzene rings is 2. The Bertz CT molecular complexity index is 976. The second kappa shape index (κ2) is 5.72. The van der Waals surface area contributed by atoms with Gasteiger partial charge >= 0.3 is 11.3 Å². The zero-order valence-corrected chi connectivity index (χ0v) is 11.6. The molecule has 0 fully saturated rings. The third-order valence-corrected chi connectivity index (χ3v) is 3.14. The van der Waals surface area contributed by atoms with E-state index in [-0.39, 0.29) is 22.7 Å². The summed E-state index contributed by atoms with van der Waals surface area (Å²) in [5.41, 5.74) is -0.351. The van der Waals surface area contributed by atoms with Crippen molar-refractivity contribution >= 4 is 22.9 Å². The van der Waals surface area contributed by atoms with Gasteiger partial charge in [-0.3, -0.25) is 14.9 Å². The van der Waals surface area contributed by atoms with Gasteiger partial charge in [0.15, 0.2) is 0 Å². The van der Waals surface area contributed by atoms with Crippen molar-refractivity contribution in [3.63, 3.8) is 0 Å². The Morgan fingerprint density at radius 1 is 1.09 bits per heavy atom. The first kappa shape index (κ1) is 14.5. The van der Waals surface area contributed by atoms with Crippen molar-refractivity contribution < 1.29 is 18.9 Å². The number of nitrogens with zero attached hydrogens (tertiary/aromatic N) is 1. The highest BCUT2D eigenvalue weighted by Gasteiger charge is 2.17. The van der Waals surface area contributed by atoms with Crippen molar-refractivity contribution in [2.45, 2.75) is 0 Å². The lowest BCUT2D eigenvalue weighted by Crippen LogP contribution is -1.96. The van der Waals surface area contributed by atoms with Crippen LogP contribution in [0.5, 0.6) is 11.5 Å². The average Bonchev–Trinajstić information content (AvgIpc) is 2.54. The van der Waals surface area contributed by atoms with Crippen LogP contribution >= 0.6 is 0 Å². The Hall–Kier alpha value is -3.48. The summed E-state index contributed by atoms with van der Waals surface area (Å²) >= 11 is 0. The monoisotopic (exact) mass is 311 g/mol. The predicted octanol–water partition coefficient (Wildman–Crippen LogP) is 3.31. The summed E-state index contributed by atoms with van der Waals surface area (Å²) in [5, 5.41) is 11.8. The molecule has 1 aromatic heterocycles. The highest BCUT2D eigenvalue weighted by atomic mass is 16.6. The molecule has 23 heavy (non-hydrogen) atoms. The van der Waals surface area contributed by atoms with Crippen molar-refractivity contribution in [3.05, 3.63) is 74.6 Å². The number of hydrogen-bond donors (Lipinski definition) is 0. The van der Waals surface area contributed by atoms with E-state index in [1.165, 1.54) is 24.3 Å². The molecule has 0 unspecified atom stereocenters. The molecule has 0 aliphatic rings. The highest BCUT2D eigenvalue weighted by Crippen LogP contribution is 2.32. The molecule has 0 saturated heterocycles. The van der Waals surface area contributed by atoms with Crippen LogP contribution in [-0.4, -0.2) is 11.2 Å². The second-order valence-corrected chi connectivity index (χ2v) is 4.66. The van der Waals surface area contributed by atoms with Gasteiger partial charge in [0.2, 0.25) is 5.75 Å². The summed E-state index contributed by atoms with van der Waals surface area (Å²) in [7, 11) is 0. The number of carbonyl (C=O) groups excluding carboxylic acids is 1. The first-order valence-corrected chi connectivity index (χ1v) is 6.52. The minimum atomic E-state index is -0.635. The van der Waals surface area contributed by atoms with Gasteiger partial charge in [-0.15, -0.1) is 0 Å². The van der Waals surface area contributed by atoms with Gasteiger partial charge in [0, 0.05) is 29.1 Å².